The van der Waals surface area contributed by atoms with Gasteiger partial charge in [0.2, 0.25) is 0 Å². The van der Waals surface area contributed by atoms with Crippen molar-refractivity contribution in [1.29, 1.82) is 0 Å². The number of carbonyl (C=O) groups is 1. The Morgan fingerprint density at radius 1 is 1.64 bits per heavy atom. The Kier molecular flexibility index (Phi) is 2.91. The molecular weight excluding hydrogens is 166 g/mol. The molecule has 66 valence electrons. The smallest absolute Gasteiger partial charge is 0.307 e. The monoisotopic (exact) mass is 179 g/mol. The van der Waals surface area contributed by atoms with Crippen LogP contribution in [-0.4, -0.2) is 17.1 Å². The maximum Gasteiger partial charge on any atom is 0.307 e. The summed E-state index contributed by atoms with van der Waals surface area (Å²) in [6.45, 7) is 3.81. The quantitative estimate of drug-likeness (QED) is 0.628. The van der Waals surface area contributed by atoms with E-state index < -0.39 is 5.97 Å². The summed E-state index contributed by atoms with van der Waals surface area (Å²) in [7, 11) is 0. The largest absolute Gasteiger partial charge is 0.481 e. The number of aliphatic carboxylic acids is 1. The van der Waals surface area contributed by atoms with E-state index >= 15 is 0 Å². The molecule has 0 radical (unpaired) electrons. The normalized spacial score (nSPS) is 33.4. The molecule has 1 rings (SSSR count). The average molecular weight is 180 g/mol. The molecular formula is C7H14ClNO2. The van der Waals surface area contributed by atoms with Gasteiger partial charge in [-0.3, -0.25) is 4.79 Å². The second-order valence-corrected chi connectivity index (χ2v) is 3.55. The van der Waals surface area contributed by atoms with Crippen molar-refractivity contribution in [1.82, 2.24) is 0 Å². The Bertz CT molecular complexity index is 170. The van der Waals surface area contributed by atoms with Crippen molar-refractivity contribution >= 4 is 18.4 Å². The van der Waals surface area contributed by atoms with E-state index in [-0.39, 0.29) is 29.8 Å². The molecule has 0 heterocycles. The molecule has 0 unspecified atom stereocenters. The second-order valence-electron chi connectivity index (χ2n) is 3.55. The van der Waals surface area contributed by atoms with Crippen LogP contribution in [0.15, 0.2) is 0 Å². The van der Waals surface area contributed by atoms with E-state index in [9.17, 15) is 4.79 Å². The molecule has 0 amide bonds. The minimum Gasteiger partial charge on any atom is -0.481 e. The summed E-state index contributed by atoms with van der Waals surface area (Å²) in [6.07, 6.45) is 0.627. The molecule has 0 saturated heterocycles. The molecule has 0 bridgehead atoms. The summed E-state index contributed by atoms with van der Waals surface area (Å²) < 4.78 is 0. The fourth-order valence-electron chi connectivity index (χ4n) is 1.38. The van der Waals surface area contributed by atoms with Crippen LogP contribution in [0.1, 0.15) is 20.3 Å². The Morgan fingerprint density at radius 3 is 2.18 bits per heavy atom. The van der Waals surface area contributed by atoms with Gasteiger partial charge in [0.15, 0.2) is 0 Å². The summed E-state index contributed by atoms with van der Waals surface area (Å²) in [6, 6.07) is 0.0635. The van der Waals surface area contributed by atoms with Gasteiger partial charge >= 0.3 is 5.97 Å². The van der Waals surface area contributed by atoms with Crippen molar-refractivity contribution in [3.05, 3.63) is 0 Å². The number of hydrogen-bond acceptors (Lipinski definition) is 2. The average Bonchev–Trinajstić information content (AvgIpc) is 1.82. The SMILES string of the molecule is CC1(C)[C@@H](N)C[C@H]1C(=O)O.Cl. The molecule has 0 spiro atoms. The van der Waals surface area contributed by atoms with Crippen molar-refractivity contribution in [2.75, 3.05) is 0 Å². The third-order valence-corrected chi connectivity index (χ3v) is 2.64. The predicted molar refractivity (Wildman–Crippen MR) is 44.7 cm³/mol. The maximum atomic E-state index is 10.5. The summed E-state index contributed by atoms with van der Waals surface area (Å²) in [5, 5.41) is 8.63. The summed E-state index contributed by atoms with van der Waals surface area (Å²) in [4.78, 5) is 10.5. The molecule has 11 heavy (non-hydrogen) atoms. The third kappa shape index (κ3) is 1.49. The highest BCUT2D eigenvalue weighted by atomic mass is 35.5. The van der Waals surface area contributed by atoms with E-state index in [0.717, 1.165) is 0 Å². The molecule has 0 aromatic heterocycles. The van der Waals surface area contributed by atoms with E-state index in [4.69, 9.17) is 10.8 Å². The van der Waals surface area contributed by atoms with E-state index in [0.29, 0.717) is 6.42 Å². The van der Waals surface area contributed by atoms with Gasteiger partial charge in [0.1, 0.15) is 0 Å². The second kappa shape index (κ2) is 2.99. The minimum absolute atomic E-state index is 0. The van der Waals surface area contributed by atoms with Gasteiger partial charge in [0.05, 0.1) is 5.92 Å². The van der Waals surface area contributed by atoms with Crippen LogP contribution in [0, 0.1) is 11.3 Å². The summed E-state index contributed by atoms with van der Waals surface area (Å²) >= 11 is 0. The first-order chi connectivity index (χ1) is 4.46. The number of carboxylic acids is 1. The van der Waals surface area contributed by atoms with Crippen LogP contribution in [0.3, 0.4) is 0 Å². The predicted octanol–water partition coefficient (Wildman–Crippen LogP) is 0.866. The van der Waals surface area contributed by atoms with Crippen LogP contribution in [0.2, 0.25) is 0 Å². The van der Waals surface area contributed by atoms with E-state index in [2.05, 4.69) is 0 Å². The van der Waals surface area contributed by atoms with E-state index in [1.807, 2.05) is 13.8 Å². The molecule has 4 heteroatoms. The number of carboxylic acid groups (broad SMARTS) is 1. The molecule has 1 fully saturated rings. The number of nitrogens with two attached hydrogens (primary N) is 1. The van der Waals surface area contributed by atoms with Gasteiger partial charge in [-0.15, -0.1) is 12.4 Å². The molecule has 2 atom stereocenters. The lowest BCUT2D eigenvalue weighted by Gasteiger charge is -2.47. The lowest BCUT2D eigenvalue weighted by molar-refractivity contribution is -0.153. The van der Waals surface area contributed by atoms with Gasteiger partial charge < -0.3 is 10.8 Å². The standard InChI is InChI=1S/C7H13NO2.ClH/c1-7(2)4(6(9)10)3-5(7)8;/h4-5H,3,8H2,1-2H3,(H,9,10);1H/t4-,5-;/m0./s1. The maximum absolute atomic E-state index is 10.5. The molecule has 1 aliphatic rings. The first kappa shape index (κ1) is 10.7. The molecule has 3 N–H and O–H groups in total. The van der Waals surface area contributed by atoms with Gasteiger partial charge in [-0.05, 0) is 11.8 Å². The lowest BCUT2D eigenvalue weighted by atomic mass is 9.59. The third-order valence-electron chi connectivity index (χ3n) is 2.64. The highest BCUT2D eigenvalue weighted by molar-refractivity contribution is 5.85. The minimum atomic E-state index is -0.716. The first-order valence-corrected chi connectivity index (χ1v) is 3.44. The Balaban J connectivity index is 0.000001000. The molecule has 0 aromatic rings. The molecule has 0 aliphatic heterocycles. The molecule has 0 aromatic carbocycles. The van der Waals surface area contributed by atoms with Gasteiger partial charge in [0.25, 0.3) is 0 Å². The van der Waals surface area contributed by atoms with Crippen LogP contribution in [0.4, 0.5) is 0 Å². The Hall–Kier alpha value is -0.280. The molecule has 1 aliphatic carbocycles. The van der Waals surface area contributed by atoms with Crippen molar-refractivity contribution in [3.8, 4) is 0 Å². The Morgan fingerprint density at radius 2 is 2.09 bits per heavy atom. The van der Waals surface area contributed by atoms with E-state index in [1.54, 1.807) is 0 Å². The van der Waals surface area contributed by atoms with Crippen molar-refractivity contribution in [2.24, 2.45) is 17.1 Å². The van der Waals surface area contributed by atoms with Crippen LogP contribution in [0.25, 0.3) is 0 Å². The number of hydrogen-bond donors (Lipinski definition) is 2. The van der Waals surface area contributed by atoms with Gasteiger partial charge in [-0.2, -0.15) is 0 Å². The number of rotatable bonds is 1. The van der Waals surface area contributed by atoms with Gasteiger partial charge in [0, 0.05) is 6.04 Å². The van der Waals surface area contributed by atoms with Gasteiger partial charge in [-0.25, -0.2) is 0 Å². The van der Waals surface area contributed by atoms with Crippen molar-refractivity contribution in [3.63, 3.8) is 0 Å². The van der Waals surface area contributed by atoms with Crippen molar-refractivity contribution in [2.45, 2.75) is 26.3 Å². The van der Waals surface area contributed by atoms with Crippen LogP contribution in [-0.2, 0) is 4.79 Å². The summed E-state index contributed by atoms with van der Waals surface area (Å²) in [5.41, 5.74) is 5.42. The van der Waals surface area contributed by atoms with E-state index in [1.165, 1.54) is 0 Å². The summed E-state index contributed by atoms with van der Waals surface area (Å²) in [5.74, 6) is -0.950. The first-order valence-electron chi connectivity index (χ1n) is 3.44. The lowest BCUT2D eigenvalue weighted by Crippen LogP contribution is -2.57. The fraction of sp³-hybridized carbons (Fsp3) is 0.857. The van der Waals surface area contributed by atoms with Crippen LogP contribution < -0.4 is 5.73 Å². The zero-order chi connectivity index (χ0) is 7.94. The highest BCUT2D eigenvalue weighted by Crippen LogP contribution is 2.44. The highest BCUT2D eigenvalue weighted by Gasteiger charge is 2.49. The van der Waals surface area contributed by atoms with Crippen LogP contribution in [0.5, 0.6) is 0 Å². The molecule has 3 nitrogen and oxygen atoms in total. The van der Waals surface area contributed by atoms with Gasteiger partial charge in [-0.1, -0.05) is 13.8 Å². The Labute approximate surface area is 72.4 Å². The molecule has 1 saturated carbocycles. The van der Waals surface area contributed by atoms with Crippen molar-refractivity contribution < 1.29 is 9.90 Å². The fourth-order valence-corrected chi connectivity index (χ4v) is 1.38. The zero-order valence-corrected chi connectivity index (χ0v) is 7.52. The topological polar surface area (TPSA) is 63.3 Å². The zero-order valence-electron chi connectivity index (χ0n) is 6.70. The van der Waals surface area contributed by atoms with Crippen LogP contribution >= 0.6 is 12.4 Å². The number of halogens is 1.